The number of nitrogens with two attached hydrogens (primary N) is 5. The fourth-order valence-electron chi connectivity index (χ4n) is 8.31. The van der Waals surface area contributed by atoms with Crippen LogP contribution in [0.1, 0.15) is 146 Å². The summed E-state index contributed by atoms with van der Waals surface area (Å²) in [5.41, 5.74) is 28.1. The summed E-state index contributed by atoms with van der Waals surface area (Å²) in [7, 11) is 0. The van der Waals surface area contributed by atoms with Crippen LogP contribution in [0.2, 0.25) is 0 Å². The van der Waals surface area contributed by atoms with Crippen LogP contribution in [0.4, 0.5) is 0 Å². The van der Waals surface area contributed by atoms with Crippen molar-refractivity contribution in [1.29, 1.82) is 0 Å². The van der Waals surface area contributed by atoms with E-state index in [2.05, 4.69) is 65.5 Å². The van der Waals surface area contributed by atoms with Crippen LogP contribution in [0.5, 0.6) is 0 Å². The van der Waals surface area contributed by atoms with Gasteiger partial charge in [0.1, 0.15) is 54.4 Å². The number of aliphatic carboxylic acids is 2. The Balaban J connectivity index is 7.07. The quantitative estimate of drug-likeness (QED) is 0.0122. The number of amides is 10. The smallest absolute Gasteiger partial charge is 0.326 e. The third-order valence-corrected chi connectivity index (χ3v) is 14.0. The number of carboxylic acid groups (broad SMARTS) is 2. The Morgan fingerprint density at radius 2 is 0.869 bits per heavy atom. The number of aliphatic hydroxyl groups is 1. The highest BCUT2D eigenvalue weighted by atomic mass is 32.1. The zero-order valence-corrected chi connectivity index (χ0v) is 50.9. The van der Waals surface area contributed by atoms with Crippen LogP contribution in [-0.4, -0.2) is 178 Å². The maximum atomic E-state index is 14.4. The molecule has 0 saturated carbocycles. The van der Waals surface area contributed by atoms with Crippen molar-refractivity contribution in [1.82, 2.24) is 47.9 Å². The summed E-state index contributed by atoms with van der Waals surface area (Å²) < 4.78 is 0. The fourth-order valence-corrected chi connectivity index (χ4v) is 8.57. The molecule has 30 nitrogen and oxygen atoms in total. The Kier molecular flexibility index (Phi) is 37.1. The Bertz CT molecular complexity index is 2220. The molecule has 0 fully saturated rings. The number of aliphatic hydroxyl groups excluding tert-OH is 1. The number of unbranched alkanes of at least 4 members (excludes halogenated alkanes) is 1. The van der Waals surface area contributed by atoms with Gasteiger partial charge in [-0.05, 0) is 94.9 Å². The molecule has 0 aliphatic heterocycles. The molecule has 0 aromatic heterocycles. The SMILES string of the molecule is CC[C@H](C)[C@H](NC(=O)[C@H](CCCCN)NC(=O)[C@@H](NC(=O)[C@H](CCC(N)=O)NC(=O)[C@H](CCCN=C(N)N)NC(=O)[C@H](CCC(=O)O)NC(=O)[C@@H](NC(=O)[C@H](CC(C)C)NC(=O)[C@H](CS)NC(=O)[C@@H](N)CC(C)C)[C@@H](C)O)[C@@H](C)CC)C(=O)O. The van der Waals surface area contributed by atoms with Crippen molar-refractivity contribution in [3.8, 4) is 0 Å². The van der Waals surface area contributed by atoms with Gasteiger partial charge in [-0.3, -0.25) is 57.7 Å². The number of hydrogen-bond donors (Lipinski definition) is 18. The van der Waals surface area contributed by atoms with Crippen molar-refractivity contribution in [2.75, 3.05) is 18.8 Å². The number of nitrogens with one attached hydrogen (secondary N) is 9. The van der Waals surface area contributed by atoms with E-state index in [-0.39, 0.29) is 68.7 Å². The zero-order valence-electron chi connectivity index (χ0n) is 50.0. The van der Waals surface area contributed by atoms with Crippen molar-refractivity contribution in [3.63, 3.8) is 0 Å². The van der Waals surface area contributed by atoms with Gasteiger partial charge in [0.15, 0.2) is 5.96 Å². The number of hydrogen-bond acceptors (Lipinski definition) is 17. The molecule has 13 atom stereocenters. The number of rotatable bonds is 43. The van der Waals surface area contributed by atoms with Crippen LogP contribution in [0.25, 0.3) is 0 Å². The molecular formula is C53H97N15O15S. The summed E-state index contributed by atoms with van der Waals surface area (Å²) in [6.07, 6.45) is -2.39. The highest BCUT2D eigenvalue weighted by molar-refractivity contribution is 7.80. The predicted molar refractivity (Wildman–Crippen MR) is 314 cm³/mol. The summed E-state index contributed by atoms with van der Waals surface area (Å²) in [5.74, 6) is -13.9. The van der Waals surface area contributed by atoms with E-state index >= 15 is 0 Å². The second kappa shape index (κ2) is 40.4. The van der Waals surface area contributed by atoms with Gasteiger partial charge in [0.25, 0.3) is 0 Å². The largest absolute Gasteiger partial charge is 0.481 e. The molecule has 480 valence electrons. The molecule has 0 unspecified atom stereocenters. The molecule has 0 saturated heterocycles. The summed E-state index contributed by atoms with van der Waals surface area (Å²) >= 11 is 4.19. The monoisotopic (exact) mass is 1220 g/mol. The van der Waals surface area contributed by atoms with Gasteiger partial charge < -0.3 is 91.8 Å². The van der Waals surface area contributed by atoms with E-state index in [4.69, 9.17) is 28.7 Å². The molecule has 84 heavy (non-hydrogen) atoms. The summed E-state index contributed by atoms with van der Waals surface area (Å²) in [6.45, 7) is 15.2. The molecule has 0 aliphatic rings. The van der Waals surface area contributed by atoms with Crippen molar-refractivity contribution < 1.29 is 72.9 Å². The van der Waals surface area contributed by atoms with Crippen LogP contribution in [-0.2, 0) is 57.5 Å². The Morgan fingerprint density at radius 3 is 1.31 bits per heavy atom. The number of thiol groups is 1. The lowest BCUT2D eigenvalue weighted by molar-refractivity contribution is -0.144. The number of carboxylic acids is 2. The van der Waals surface area contributed by atoms with Gasteiger partial charge >= 0.3 is 11.9 Å². The average molecular weight is 1220 g/mol. The van der Waals surface area contributed by atoms with Gasteiger partial charge in [-0.15, -0.1) is 0 Å². The van der Waals surface area contributed by atoms with Gasteiger partial charge in [0.2, 0.25) is 59.1 Å². The zero-order chi connectivity index (χ0) is 64.6. The van der Waals surface area contributed by atoms with Crippen LogP contribution in [0.3, 0.4) is 0 Å². The minimum absolute atomic E-state index is 0.00592. The Morgan fingerprint density at radius 1 is 0.476 bits per heavy atom. The molecule has 0 bridgehead atoms. The number of guanidine groups is 1. The molecule has 0 rings (SSSR count). The third kappa shape index (κ3) is 30.1. The number of carbonyl (C=O) groups excluding carboxylic acids is 10. The number of carbonyl (C=O) groups is 12. The first-order chi connectivity index (χ1) is 39.2. The van der Waals surface area contributed by atoms with Gasteiger partial charge in [0, 0.05) is 25.1 Å². The van der Waals surface area contributed by atoms with E-state index < -0.39 is 175 Å². The lowest BCUT2D eigenvalue weighted by Gasteiger charge is -2.30. The molecule has 10 amide bonds. The number of aliphatic imine (C=N–C) groups is 1. The minimum atomic E-state index is -1.85. The predicted octanol–water partition coefficient (Wildman–Crippen LogP) is -3.43. The van der Waals surface area contributed by atoms with Crippen molar-refractivity contribution in [3.05, 3.63) is 0 Å². The standard InChI is InChI=1S/C53H97N15O15S/c1-10-28(7)40(50(80)62-32(15-12-13-21-54)46(76)67-41(52(82)83)29(8)11-2)66-47(77)34(17-19-38(56)70)61-44(74)33(16-14-22-59-53(57)58)60-45(75)35(18-20-39(71)72)63-51(81)42(30(9)69)68-48(78)36(24-27(5)6)64-49(79)37(25-84)65-43(73)31(55)23-26(3)4/h26-37,40-42,69,84H,10-25,54-55H2,1-9H3,(H2,56,70)(H,60,75)(H,61,74)(H,62,80)(H,63,81)(H,64,79)(H,65,73)(H,66,77)(H,67,76)(H,68,78)(H,71,72)(H,82,83)(H4,57,58,59)/t28-,29-,30+,31-,32-,33-,34-,35-,36-,37-,40-,41-,42-/m0/s1. The molecule has 0 heterocycles. The minimum Gasteiger partial charge on any atom is -0.481 e. The van der Waals surface area contributed by atoms with E-state index in [1.807, 2.05) is 13.8 Å². The molecule has 0 aromatic carbocycles. The Hall–Kier alpha value is -6.86. The first kappa shape index (κ1) is 77.1. The normalized spacial score (nSPS) is 15.9. The van der Waals surface area contributed by atoms with E-state index in [0.717, 1.165) is 6.92 Å². The molecule has 0 aliphatic carbocycles. The highest BCUT2D eigenvalue weighted by Crippen LogP contribution is 2.15. The van der Waals surface area contributed by atoms with Crippen molar-refractivity contribution >= 4 is 89.6 Å². The maximum absolute atomic E-state index is 14.4. The molecule has 0 aromatic rings. The second-order valence-electron chi connectivity index (χ2n) is 21.9. The summed E-state index contributed by atoms with van der Waals surface area (Å²) in [5, 5.41) is 52.8. The molecule has 31 heteroatoms. The van der Waals surface area contributed by atoms with Crippen LogP contribution in [0.15, 0.2) is 4.99 Å². The molecule has 0 radical (unpaired) electrons. The first-order valence-electron chi connectivity index (χ1n) is 28.5. The molecule has 22 N–H and O–H groups in total. The van der Waals surface area contributed by atoms with Gasteiger partial charge in [-0.25, -0.2) is 4.79 Å². The van der Waals surface area contributed by atoms with E-state index in [1.54, 1.807) is 41.5 Å². The van der Waals surface area contributed by atoms with Gasteiger partial charge in [0.05, 0.1) is 12.1 Å². The lowest BCUT2D eigenvalue weighted by Crippen LogP contribution is -2.62. The highest BCUT2D eigenvalue weighted by Gasteiger charge is 2.38. The average Bonchev–Trinajstić information content (AvgIpc) is 3.63. The van der Waals surface area contributed by atoms with E-state index in [9.17, 15) is 72.9 Å². The first-order valence-corrected chi connectivity index (χ1v) is 29.1. The van der Waals surface area contributed by atoms with Crippen LogP contribution in [0, 0.1) is 23.7 Å². The lowest BCUT2D eigenvalue weighted by atomic mass is 9.96. The van der Waals surface area contributed by atoms with Crippen LogP contribution < -0.4 is 76.5 Å². The number of nitrogens with zero attached hydrogens (tertiary/aromatic N) is 1. The summed E-state index contributed by atoms with van der Waals surface area (Å²) in [6, 6.07) is -14.4. The number of primary amides is 1. The van der Waals surface area contributed by atoms with E-state index in [0.29, 0.717) is 25.7 Å². The van der Waals surface area contributed by atoms with Crippen LogP contribution >= 0.6 is 12.6 Å². The van der Waals surface area contributed by atoms with Crippen molar-refractivity contribution in [2.45, 2.75) is 212 Å². The Labute approximate surface area is 497 Å². The summed E-state index contributed by atoms with van der Waals surface area (Å²) in [4.78, 5) is 165. The second-order valence-corrected chi connectivity index (χ2v) is 22.3. The maximum Gasteiger partial charge on any atom is 0.326 e. The molecule has 0 spiro atoms. The van der Waals surface area contributed by atoms with Gasteiger partial charge in [-0.2, -0.15) is 12.6 Å². The topological polar surface area (TPSA) is 516 Å². The fraction of sp³-hybridized carbons (Fsp3) is 0.755. The molecular weight excluding hydrogens is 1120 g/mol. The van der Waals surface area contributed by atoms with E-state index in [1.165, 1.54) is 0 Å². The van der Waals surface area contributed by atoms with Gasteiger partial charge in [-0.1, -0.05) is 68.2 Å². The van der Waals surface area contributed by atoms with Crippen molar-refractivity contribution in [2.24, 2.45) is 57.3 Å². The third-order valence-electron chi connectivity index (χ3n) is 13.6.